The van der Waals surface area contributed by atoms with Gasteiger partial charge in [0.2, 0.25) is 5.91 Å². The first-order valence-corrected chi connectivity index (χ1v) is 12.1. The quantitative estimate of drug-likeness (QED) is 0.575. The second-order valence-corrected chi connectivity index (χ2v) is 9.86. The molecular weight excluding hydrogens is 428 g/mol. The Bertz CT molecular complexity index is 650. The fraction of sp³-hybridized carbons (Fsp3) is 0.708. The molecule has 1 aromatic rings. The summed E-state index contributed by atoms with van der Waals surface area (Å²) < 4.78 is 6.59. The Balaban J connectivity index is 1.31. The number of halogens is 1. The van der Waals surface area contributed by atoms with E-state index in [4.69, 9.17) is 4.74 Å². The third kappa shape index (κ3) is 7.29. The molecule has 1 aliphatic carbocycles. The smallest absolute Gasteiger partial charge is 0.217 e. The largest absolute Gasteiger partial charge is 0.497 e. The number of carbonyl (C=O) groups is 1. The zero-order chi connectivity index (χ0) is 20.6. The van der Waals surface area contributed by atoms with Gasteiger partial charge in [0.1, 0.15) is 5.75 Å². The molecule has 2 aliphatic rings. The van der Waals surface area contributed by atoms with Crippen molar-refractivity contribution in [2.45, 2.75) is 70.8 Å². The molecule has 5 heteroatoms. The molecule has 1 saturated carbocycles. The summed E-state index contributed by atoms with van der Waals surface area (Å²) in [4.78, 5) is 13.9. The fourth-order valence-electron chi connectivity index (χ4n) is 5.05. The predicted octanol–water partition coefficient (Wildman–Crippen LogP) is 5.19. The summed E-state index contributed by atoms with van der Waals surface area (Å²) in [6, 6.07) is 6.72. The number of hydrogen-bond acceptors (Lipinski definition) is 3. The van der Waals surface area contributed by atoms with E-state index in [1.54, 1.807) is 14.0 Å². The molecule has 162 valence electrons. The average Bonchev–Trinajstić information content (AvgIpc) is 2.72. The van der Waals surface area contributed by atoms with E-state index in [0.29, 0.717) is 6.04 Å². The van der Waals surface area contributed by atoms with Crippen LogP contribution in [0, 0.1) is 11.8 Å². The van der Waals surface area contributed by atoms with Gasteiger partial charge in [-0.3, -0.25) is 4.79 Å². The van der Waals surface area contributed by atoms with Crippen LogP contribution in [0.3, 0.4) is 0 Å². The second-order valence-electron chi connectivity index (χ2n) is 9.01. The third-order valence-electron chi connectivity index (χ3n) is 6.81. The molecule has 0 aromatic heterocycles. The van der Waals surface area contributed by atoms with Gasteiger partial charge in [0, 0.05) is 17.4 Å². The first-order valence-electron chi connectivity index (χ1n) is 11.4. The van der Waals surface area contributed by atoms with Gasteiger partial charge >= 0.3 is 0 Å². The van der Waals surface area contributed by atoms with E-state index in [1.165, 1.54) is 68.2 Å². The fourth-order valence-corrected chi connectivity index (χ4v) is 5.45. The highest BCUT2D eigenvalue weighted by atomic mass is 79.9. The van der Waals surface area contributed by atoms with Crippen LogP contribution in [-0.4, -0.2) is 43.6 Å². The summed E-state index contributed by atoms with van der Waals surface area (Å²) >= 11 is 3.70. The molecule has 1 aromatic carbocycles. The first kappa shape index (κ1) is 22.6. The van der Waals surface area contributed by atoms with Gasteiger partial charge in [0.25, 0.3) is 0 Å². The van der Waals surface area contributed by atoms with Gasteiger partial charge in [-0.25, -0.2) is 0 Å². The maximum absolute atomic E-state index is 11.2. The molecule has 0 unspecified atom stereocenters. The van der Waals surface area contributed by atoms with Crippen LogP contribution in [-0.2, 0) is 11.2 Å². The van der Waals surface area contributed by atoms with Crippen molar-refractivity contribution in [1.29, 1.82) is 0 Å². The Morgan fingerprint density at radius 1 is 1.14 bits per heavy atom. The number of nitrogens with one attached hydrogen (secondary N) is 1. The minimum atomic E-state index is 0.121. The van der Waals surface area contributed by atoms with Crippen LogP contribution in [0.2, 0.25) is 0 Å². The standard InChI is InChI=1S/C24H37BrN2O2/c1-18(28)26-22-7-5-19(6-8-22)4-3-13-27-14-11-20(12-15-27)16-21-17-23(29-2)9-10-24(21)25/h9-10,17,19-20,22H,3-8,11-16H2,1-2H3,(H,26,28). The van der Waals surface area contributed by atoms with Gasteiger partial charge in [0.15, 0.2) is 0 Å². The Morgan fingerprint density at radius 2 is 1.86 bits per heavy atom. The van der Waals surface area contributed by atoms with Crippen LogP contribution in [0.15, 0.2) is 22.7 Å². The first-order chi connectivity index (χ1) is 14.0. The number of amides is 1. The lowest BCUT2D eigenvalue weighted by atomic mass is 9.83. The van der Waals surface area contributed by atoms with Crippen molar-refractivity contribution in [3.8, 4) is 5.75 Å². The maximum Gasteiger partial charge on any atom is 0.217 e. The highest BCUT2D eigenvalue weighted by Gasteiger charge is 2.23. The van der Waals surface area contributed by atoms with Crippen molar-refractivity contribution in [1.82, 2.24) is 10.2 Å². The van der Waals surface area contributed by atoms with Crippen molar-refractivity contribution >= 4 is 21.8 Å². The summed E-state index contributed by atoms with van der Waals surface area (Å²) in [6.45, 7) is 5.36. The molecule has 0 radical (unpaired) electrons. The van der Waals surface area contributed by atoms with E-state index in [1.807, 2.05) is 6.07 Å². The van der Waals surface area contributed by atoms with E-state index in [2.05, 4.69) is 38.3 Å². The van der Waals surface area contributed by atoms with Gasteiger partial charge < -0.3 is 15.0 Å². The van der Waals surface area contributed by atoms with Crippen molar-refractivity contribution in [3.63, 3.8) is 0 Å². The van der Waals surface area contributed by atoms with E-state index in [-0.39, 0.29) is 5.91 Å². The highest BCUT2D eigenvalue weighted by Crippen LogP contribution is 2.30. The zero-order valence-electron chi connectivity index (χ0n) is 18.1. The summed E-state index contributed by atoms with van der Waals surface area (Å²) in [5.74, 6) is 2.71. The van der Waals surface area contributed by atoms with Crippen molar-refractivity contribution in [2.24, 2.45) is 11.8 Å². The number of ether oxygens (including phenoxy) is 1. The Morgan fingerprint density at radius 3 is 2.52 bits per heavy atom. The average molecular weight is 465 g/mol. The van der Waals surface area contributed by atoms with Gasteiger partial charge in [-0.05, 0) is 113 Å². The third-order valence-corrected chi connectivity index (χ3v) is 7.58. The van der Waals surface area contributed by atoms with E-state index >= 15 is 0 Å². The molecule has 0 atom stereocenters. The molecule has 1 heterocycles. The lowest BCUT2D eigenvalue weighted by Crippen LogP contribution is -2.37. The lowest BCUT2D eigenvalue weighted by molar-refractivity contribution is -0.119. The molecule has 0 bridgehead atoms. The van der Waals surface area contributed by atoms with Crippen LogP contribution < -0.4 is 10.1 Å². The van der Waals surface area contributed by atoms with Gasteiger partial charge in [0.05, 0.1) is 7.11 Å². The molecule has 1 N–H and O–H groups in total. The van der Waals surface area contributed by atoms with Gasteiger partial charge in [-0.15, -0.1) is 0 Å². The number of benzene rings is 1. The summed E-state index contributed by atoms with van der Waals surface area (Å²) in [5, 5.41) is 3.08. The molecule has 1 amide bonds. The number of likely N-dealkylation sites (tertiary alicyclic amines) is 1. The number of nitrogens with zero attached hydrogens (tertiary/aromatic N) is 1. The molecule has 1 saturated heterocycles. The van der Waals surface area contributed by atoms with Crippen LogP contribution in [0.5, 0.6) is 5.75 Å². The molecule has 2 fully saturated rings. The topological polar surface area (TPSA) is 41.6 Å². The summed E-state index contributed by atoms with van der Waals surface area (Å²) in [7, 11) is 1.74. The molecular formula is C24H37BrN2O2. The van der Waals surface area contributed by atoms with Crippen LogP contribution in [0.25, 0.3) is 0 Å². The van der Waals surface area contributed by atoms with Crippen molar-refractivity contribution in [2.75, 3.05) is 26.7 Å². The highest BCUT2D eigenvalue weighted by molar-refractivity contribution is 9.10. The zero-order valence-corrected chi connectivity index (χ0v) is 19.7. The van der Waals surface area contributed by atoms with Crippen LogP contribution in [0.4, 0.5) is 0 Å². The molecule has 3 rings (SSSR count). The van der Waals surface area contributed by atoms with E-state index < -0.39 is 0 Å². The van der Waals surface area contributed by atoms with Gasteiger partial charge in [-0.2, -0.15) is 0 Å². The minimum Gasteiger partial charge on any atom is -0.497 e. The van der Waals surface area contributed by atoms with Crippen LogP contribution in [0.1, 0.15) is 63.9 Å². The molecule has 0 spiro atoms. The lowest BCUT2D eigenvalue weighted by Gasteiger charge is -2.33. The molecule has 1 aliphatic heterocycles. The maximum atomic E-state index is 11.2. The second kappa shape index (κ2) is 11.4. The number of carbonyl (C=O) groups excluding carboxylic acids is 1. The molecule has 4 nitrogen and oxygen atoms in total. The van der Waals surface area contributed by atoms with E-state index in [0.717, 1.165) is 36.8 Å². The normalized spacial score (nSPS) is 23.7. The summed E-state index contributed by atoms with van der Waals surface area (Å²) in [6.07, 6.45) is 11.3. The van der Waals surface area contributed by atoms with Crippen LogP contribution >= 0.6 is 15.9 Å². The Kier molecular flexibility index (Phi) is 8.85. The Labute approximate surface area is 184 Å². The minimum absolute atomic E-state index is 0.121. The summed E-state index contributed by atoms with van der Waals surface area (Å²) in [5.41, 5.74) is 1.37. The number of hydrogen-bond donors (Lipinski definition) is 1. The number of rotatable bonds is 8. The van der Waals surface area contributed by atoms with E-state index in [9.17, 15) is 4.79 Å². The van der Waals surface area contributed by atoms with Crippen molar-refractivity contribution in [3.05, 3.63) is 28.2 Å². The number of methoxy groups -OCH3 is 1. The monoisotopic (exact) mass is 464 g/mol. The Hall–Kier alpha value is -1.07. The van der Waals surface area contributed by atoms with Crippen molar-refractivity contribution < 1.29 is 9.53 Å². The molecule has 29 heavy (non-hydrogen) atoms. The number of piperidine rings is 1. The SMILES string of the molecule is COc1ccc(Br)c(CC2CCN(CCCC3CCC(NC(C)=O)CC3)CC2)c1. The predicted molar refractivity (Wildman–Crippen MR) is 122 cm³/mol. The van der Waals surface area contributed by atoms with Gasteiger partial charge in [-0.1, -0.05) is 15.9 Å².